The highest BCUT2D eigenvalue weighted by molar-refractivity contribution is 5.89. The molecular formula is C19H23FN4O3. The maximum Gasteiger partial charge on any atom is 0.321 e. The lowest BCUT2D eigenvalue weighted by Gasteiger charge is -2.36. The molecule has 4 rings (SSSR count). The molecule has 0 saturated carbocycles. The number of hydrogen-bond acceptors (Lipinski definition) is 5. The zero-order valence-electron chi connectivity index (χ0n) is 15.5. The summed E-state index contributed by atoms with van der Waals surface area (Å²) >= 11 is 0. The zero-order valence-corrected chi connectivity index (χ0v) is 15.5. The number of carbonyl (C=O) groups excluding carboxylic acids is 1. The van der Waals surface area contributed by atoms with Crippen LogP contribution in [0.15, 0.2) is 22.7 Å². The van der Waals surface area contributed by atoms with Gasteiger partial charge in [-0.05, 0) is 44.4 Å². The Bertz CT molecular complexity index is 847. The van der Waals surface area contributed by atoms with Gasteiger partial charge in [-0.25, -0.2) is 9.18 Å². The largest absolute Gasteiger partial charge is 0.381 e. The van der Waals surface area contributed by atoms with Gasteiger partial charge in [0.2, 0.25) is 5.89 Å². The molecule has 1 aromatic carbocycles. The average molecular weight is 374 g/mol. The summed E-state index contributed by atoms with van der Waals surface area (Å²) in [6.45, 7) is 5.86. The predicted molar refractivity (Wildman–Crippen MR) is 96.0 cm³/mol. The topological polar surface area (TPSA) is 80.5 Å². The molecule has 2 aliphatic heterocycles. The van der Waals surface area contributed by atoms with Gasteiger partial charge in [0.05, 0.1) is 5.92 Å². The van der Waals surface area contributed by atoms with E-state index in [9.17, 15) is 9.18 Å². The third-order valence-electron chi connectivity index (χ3n) is 5.69. The molecular weight excluding hydrogens is 351 g/mol. The van der Waals surface area contributed by atoms with Crippen molar-refractivity contribution < 1.29 is 18.4 Å². The zero-order chi connectivity index (χ0) is 19.0. The van der Waals surface area contributed by atoms with E-state index >= 15 is 0 Å². The molecule has 1 N–H and O–H groups in total. The van der Waals surface area contributed by atoms with Crippen molar-refractivity contribution in [2.24, 2.45) is 5.41 Å². The van der Waals surface area contributed by atoms with E-state index in [1.165, 1.54) is 6.07 Å². The van der Waals surface area contributed by atoms with Crippen LogP contribution in [0.3, 0.4) is 0 Å². The van der Waals surface area contributed by atoms with E-state index in [-0.39, 0.29) is 23.2 Å². The molecule has 1 unspecified atom stereocenters. The second-order valence-electron chi connectivity index (χ2n) is 7.48. The molecule has 2 fully saturated rings. The van der Waals surface area contributed by atoms with E-state index < -0.39 is 0 Å². The molecule has 1 atom stereocenters. The lowest BCUT2D eigenvalue weighted by atomic mass is 9.72. The normalized spacial score (nSPS) is 21.6. The van der Waals surface area contributed by atoms with Gasteiger partial charge in [-0.2, -0.15) is 4.98 Å². The predicted octanol–water partition coefficient (Wildman–Crippen LogP) is 3.25. The number of aromatic nitrogens is 2. The fourth-order valence-corrected chi connectivity index (χ4v) is 4.08. The summed E-state index contributed by atoms with van der Waals surface area (Å²) in [4.78, 5) is 19.0. The second kappa shape index (κ2) is 6.92. The van der Waals surface area contributed by atoms with Gasteiger partial charge in [-0.3, -0.25) is 0 Å². The molecule has 2 saturated heterocycles. The number of anilines is 1. The van der Waals surface area contributed by atoms with Gasteiger partial charge in [0.1, 0.15) is 5.82 Å². The first-order valence-corrected chi connectivity index (χ1v) is 9.17. The highest BCUT2D eigenvalue weighted by atomic mass is 19.1. The number of carbonyl (C=O) groups is 1. The van der Waals surface area contributed by atoms with Crippen LogP contribution in [-0.2, 0) is 4.74 Å². The summed E-state index contributed by atoms with van der Waals surface area (Å²) in [5.41, 5.74) is 0.857. The molecule has 1 aromatic heterocycles. The average Bonchev–Trinajstić information content (AvgIpc) is 3.23. The number of benzene rings is 1. The van der Waals surface area contributed by atoms with Gasteiger partial charge >= 0.3 is 6.03 Å². The van der Waals surface area contributed by atoms with Gasteiger partial charge in [0, 0.05) is 37.4 Å². The van der Waals surface area contributed by atoms with Gasteiger partial charge in [-0.15, -0.1) is 0 Å². The van der Waals surface area contributed by atoms with Crippen LogP contribution in [0.4, 0.5) is 14.9 Å². The number of urea groups is 1. The number of nitrogens with zero attached hydrogens (tertiary/aromatic N) is 3. The summed E-state index contributed by atoms with van der Waals surface area (Å²) in [7, 11) is 0. The number of aryl methyl sites for hydroxylation is 2. The lowest BCUT2D eigenvalue weighted by molar-refractivity contribution is 0.00959. The number of amides is 2. The Morgan fingerprint density at radius 1 is 1.33 bits per heavy atom. The van der Waals surface area contributed by atoms with Gasteiger partial charge < -0.3 is 19.5 Å². The van der Waals surface area contributed by atoms with E-state index in [2.05, 4.69) is 15.5 Å². The lowest BCUT2D eigenvalue weighted by Crippen LogP contribution is -2.38. The minimum absolute atomic E-state index is 0.0249. The molecule has 8 heteroatoms. The van der Waals surface area contributed by atoms with Gasteiger partial charge in [0.25, 0.3) is 0 Å². The van der Waals surface area contributed by atoms with Crippen LogP contribution in [0, 0.1) is 25.1 Å². The molecule has 0 radical (unpaired) electrons. The summed E-state index contributed by atoms with van der Waals surface area (Å²) in [5, 5.41) is 6.72. The Morgan fingerprint density at radius 3 is 2.78 bits per heavy atom. The van der Waals surface area contributed by atoms with Crippen LogP contribution in [0.25, 0.3) is 0 Å². The maximum absolute atomic E-state index is 13.8. The fourth-order valence-electron chi connectivity index (χ4n) is 4.08. The van der Waals surface area contributed by atoms with Crippen LogP contribution in [0.5, 0.6) is 0 Å². The molecule has 2 aliphatic rings. The minimum Gasteiger partial charge on any atom is -0.381 e. The second-order valence-corrected chi connectivity index (χ2v) is 7.48. The number of nitrogens with one attached hydrogen (secondary N) is 1. The highest BCUT2D eigenvalue weighted by Gasteiger charge is 2.51. The third kappa shape index (κ3) is 3.41. The van der Waals surface area contributed by atoms with Gasteiger partial charge in [-0.1, -0.05) is 11.2 Å². The number of hydrogen-bond donors (Lipinski definition) is 1. The third-order valence-corrected chi connectivity index (χ3v) is 5.69. The SMILES string of the molecule is Cc1noc(C2CN(C(=O)Nc3ccc(C)c(F)c3)CC23CCOCC3)n1. The number of rotatable bonds is 2. The summed E-state index contributed by atoms with van der Waals surface area (Å²) in [5.74, 6) is 0.800. The van der Waals surface area contributed by atoms with Crippen LogP contribution < -0.4 is 5.32 Å². The summed E-state index contributed by atoms with van der Waals surface area (Å²) in [6.07, 6.45) is 1.67. The van der Waals surface area contributed by atoms with Crippen molar-refractivity contribution in [3.63, 3.8) is 0 Å². The van der Waals surface area contributed by atoms with E-state index in [0.29, 0.717) is 49.3 Å². The molecule has 0 aliphatic carbocycles. The van der Waals surface area contributed by atoms with E-state index in [1.54, 1.807) is 30.9 Å². The summed E-state index contributed by atoms with van der Waals surface area (Å²) in [6, 6.07) is 4.45. The van der Waals surface area contributed by atoms with Crippen LogP contribution >= 0.6 is 0 Å². The monoisotopic (exact) mass is 374 g/mol. The van der Waals surface area contributed by atoms with E-state index in [1.807, 2.05) is 0 Å². The Labute approximate surface area is 156 Å². The fraction of sp³-hybridized carbons (Fsp3) is 0.526. The van der Waals surface area contributed by atoms with Crippen molar-refractivity contribution >= 4 is 11.7 Å². The molecule has 7 nitrogen and oxygen atoms in total. The van der Waals surface area contributed by atoms with Crippen molar-refractivity contribution in [1.82, 2.24) is 15.0 Å². The molecule has 3 heterocycles. The van der Waals surface area contributed by atoms with Crippen LogP contribution in [0.1, 0.15) is 36.0 Å². The molecule has 1 spiro atoms. The Morgan fingerprint density at radius 2 is 2.11 bits per heavy atom. The van der Waals surface area contributed by atoms with Crippen molar-refractivity contribution in [2.75, 3.05) is 31.6 Å². The number of ether oxygens (including phenoxy) is 1. The van der Waals surface area contributed by atoms with Gasteiger partial charge in [0.15, 0.2) is 5.82 Å². The Kier molecular flexibility index (Phi) is 4.59. The maximum atomic E-state index is 13.8. The minimum atomic E-state index is -0.339. The van der Waals surface area contributed by atoms with E-state index in [4.69, 9.17) is 9.26 Å². The number of likely N-dealkylation sites (tertiary alicyclic amines) is 1. The first-order valence-electron chi connectivity index (χ1n) is 9.17. The first kappa shape index (κ1) is 17.9. The molecule has 0 bridgehead atoms. The summed E-state index contributed by atoms with van der Waals surface area (Å²) < 4.78 is 24.7. The van der Waals surface area contributed by atoms with Crippen molar-refractivity contribution in [3.8, 4) is 0 Å². The molecule has 144 valence electrons. The van der Waals surface area contributed by atoms with Crippen LogP contribution in [-0.4, -0.2) is 47.4 Å². The molecule has 2 aromatic rings. The Hall–Kier alpha value is -2.48. The van der Waals surface area contributed by atoms with Crippen molar-refractivity contribution in [3.05, 3.63) is 41.3 Å². The van der Waals surface area contributed by atoms with E-state index in [0.717, 1.165) is 12.8 Å². The highest BCUT2D eigenvalue weighted by Crippen LogP contribution is 2.49. The Balaban J connectivity index is 1.55. The molecule has 27 heavy (non-hydrogen) atoms. The van der Waals surface area contributed by atoms with Crippen molar-refractivity contribution in [2.45, 2.75) is 32.6 Å². The van der Waals surface area contributed by atoms with Crippen molar-refractivity contribution in [1.29, 1.82) is 0 Å². The number of halogens is 1. The van der Waals surface area contributed by atoms with Crippen LogP contribution in [0.2, 0.25) is 0 Å². The first-order chi connectivity index (χ1) is 13.0. The molecule has 2 amide bonds. The quantitative estimate of drug-likeness (QED) is 0.873. The standard InChI is InChI=1S/C19H23FN4O3/c1-12-3-4-14(9-16(12)20)22-18(25)24-10-15(17-21-13(2)23-27-17)19(11-24)5-7-26-8-6-19/h3-4,9,15H,5-8,10-11H2,1-2H3,(H,22,25). The smallest absolute Gasteiger partial charge is 0.321 e.